The minimum Gasteiger partial charge on any atom is -0.480 e. The van der Waals surface area contributed by atoms with Gasteiger partial charge in [-0.15, -0.1) is 0 Å². The third-order valence-electron chi connectivity index (χ3n) is 4.24. The Bertz CT molecular complexity index is 348. The second kappa shape index (κ2) is 7.47. The van der Waals surface area contributed by atoms with Gasteiger partial charge in [-0.1, -0.05) is 27.2 Å². The van der Waals surface area contributed by atoms with Crippen LogP contribution in [-0.4, -0.2) is 54.4 Å². The maximum atomic E-state index is 12.2. The van der Waals surface area contributed by atoms with Crippen LogP contribution in [0, 0.1) is 11.8 Å². The molecule has 116 valence electrons. The van der Waals surface area contributed by atoms with E-state index in [9.17, 15) is 14.7 Å². The lowest BCUT2D eigenvalue weighted by Gasteiger charge is -2.37. The van der Waals surface area contributed by atoms with Crippen LogP contribution in [0.25, 0.3) is 0 Å². The van der Waals surface area contributed by atoms with E-state index < -0.39 is 12.0 Å². The molecule has 6 nitrogen and oxygen atoms in total. The van der Waals surface area contributed by atoms with Crippen LogP contribution >= 0.6 is 0 Å². The molecular formula is C14H26N2O4. The van der Waals surface area contributed by atoms with Gasteiger partial charge in [-0.25, -0.2) is 9.59 Å². The Balaban J connectivity index is 2.63. The maximum Gasteiger partial charge on any atom is 0.326 e. The van der Waals surface area contributed by atoms with Gasteiger partial charge < -0.3 is 20.1 Å². The van der Waals surface area contributed by atoms with Gasteiger partial charge in [0.1, 0.15) is 6.04 Å². The number of urea groups is 1. The number of rotatable bonds is 5. The Kier molecular flexibility index (Phi) is 6.26. The van der Waals surface area contributed by atoms with Crippen LogP contribution in [-0.2, 0) is 9.53 Å². The lowest BCUT2D eigenvalue weighted by Crippen LogP contribution is -2.55. The van der Waals surface area contributed by atoms with Crippen molar-refractivity contribution in [3.05, 3.63) is 0 Å². The van der Waals surface area contributed by atoms with Gasteiger partial charge >= 0.3 is 12.0 Å². The van der Waals surface area contributed by atoms with E-state index >= 15 is 0 Å². The van der Waals surface area contributed by atoms with Crippen molar-refractivity contribution in [3.8, 4) is 0 Å². The minimum atomic E-state index is -0.985. The first-order chi connectivity index (χ1) is 9.40. The third kappa shape index (κ3) is 4.10. The van der Waals surface area contributed by atoms with Crippen LogP contribution in [0.2, 0.25) is 0 Å². The topological polar surface area (TPSA) is 78.9 Å². The quantitative estimate of drug-likeness (QED) is 0.803. The van der Waals surface area contributed by atoms with Gasteiger partial charge in [-0.2, -0.15) is 0 Å². The summed E-state index contributed by atoms with van der Waals surface area (Å²) in [5.74, 6) is -0.673. The number of hydrogen-bond donors (Lipinski definition) is 2. The van der Waals surface area contributed by atoms with E-state index in [1.807, 2.05) is 13.8 Å². The predicted octanol–water partition coefficient (Wildman–Crippen LogP) is 1.55. The number of hydrogen-bond acceptors (Lipinski definition) is 3. The average Bonchev–Trinajstić information content (AvgIpc) is 2.43. The molecule has 0 radical (unpaired) electrons. The van der Waals surface area contributed by atoms with Crippen LogP contribution in [0.4, 0.5) is 4.79 Å². The van der Waals surface area contributed by atoms with Gasteiger partial charge in [0.15, 0.2) is 0 Å². The summed E-state index contributed by atoms with van der Waals surface area (Å²) in [4.78, 5) is 25.1. The Morgan fingerprint density at radius 3 is 2.65 bits per heavy atom. The first kappa shape index (κ1) is 16.8. The molecule has 1 aliphatic heterocycles. The fraction of sp³-hybridized carbons (Fsp3) is 0.857. The molecule has 1 aliphatic rings. The van der Waals surface area contributed by atoms with E-state index in [0.717, 1.165) is 6.42 Å². The lowest BCUT2D eigenvalue weighted by atomic mass is 9.96. The molecule has 4 atom stereocenters. The summed E-state index contributed by atoms with van der Waals surface area (Å²) in [7, 11) is 1.64. The lowest BCUT2D eigenvalue weighted by molar-refractivity contribution is -0.140. The van der Waals surface area contributed by atoms with Gasteiger partial charge in [-0.05, 0) is 18.3 Å². The van der Waals surface area contributed by atoms with E-state index in [4.69, 9.17) is 4.74 Å². The van der Waals surface area contributed by atoms with Crippen LogP contribution in [0.1, 0.15) is 33.6 Å². The molecule has 1 rings (SSSR count). The molecule has 1 fully saturated rings. The number of likely N-dealkylation sites (tertiary alicyclic amines) is 1. The van der Waals surface area contributed by atoms with E-state index in [0.29, 0.717) is 25.4 Å². The molecule has 4 unspecified atom stereocenters. The SMILES string of the molecule is CCC(C)C(NC(=O)N1CCC(C)C(OC)C1)C(=O)O. The van der Waals surface area contributed by atoms with Crippen LogP contribution in [0.3, 0.4) is 0 Å². The van der Waals surface area contributed by atoms with Crippen molar-refractivity contribution in [1.82, 2.24) is 10.2 Å². The van der Waals surface area contributed by atoms with Gasteiger partial charge in [0.05, 0.1) is 6.10 Å². The standard InChI is InChI=1S/C14H26N2O4/c1-5-9(2)12(13(17)18)15-14(19)16-7-6-10(3)11(8-16)20-4/h9-12H,5-8H2,1-4H3,(H,15,19)(H,17,18). The number of nitrogens with zero attached hydrogens (tertiary/aromatic N) is 1. The molecule has 2 amide bonds. The van der Waals surface area contributed by atoms with E-state index in [-0.39, 0.29) is 18.1 Å². The number of amides is 2. The Morgan fingerprint density at radius 1 is 1.50 bits per heavy atom. The molecular weight excluding hydrogens is 260 g/mol. The van der Waals surface area contributed by atoms with Gasteiger partial charge in [-0.3, -0.25) is 0 Å². The summed E-state index contributed by atoms with van der Waals surface area (Å²) in [6, 6.07) is -1.15. The Labute approximate surface area is 120 Å². The Morgan fingerprint density at radius 2 is 2.15 bits per heavy atom. The average molecular weight is 286 g/mol. The van der Waals surface area contributed by atoms with Crippen LogP contribution in [0.15, 0.2) is 0 Å². The summed E-state index contributed by atoms with van der Waals surface area (Å²) in [6.07, 6.45) is 1.59. The smallest absolute Gasteiger partial charge is 0.326 e. The molecule has 6 heteroatoms. The van der Waals surface area contributed by atoms with E-state index in [2.05, 4.69) is 12.2 Å². The number of aliphatic carboxylic acids is 1. The molecule has 0 aromatic carbocycles. The summed E-state index contributed by atoms with van der Waals surface area (Å²) < 4.78 is 5.37. The highest BCUT2D eigenvalue weighted by molar-refractivity contribution is 5.82. The van der Waals surface area contributed by atoms with Gasteiger partial charge in [0.2, 0.25) is 0 Å². The summed E-state index contributed by atoms with van der Waals surface area (Å²) in [5, 5.41) is 11.8. The molecule has 0 bridgehead atoms. The first-order valence-corrected chi connectivity index (χ1v) is 7.21. The third-order valence-corrected chi connectivity index (χ3v) is 4.24. The number of carbonyl (C=O) groups is 2. The summed E-state index contributed by atoms with van der Waals surface area (Å²) >= 11 is 0. The fourth-order valence-corrected chi connectivity index (χ4v) is 2.43. The second-order valence-electron chi connectivity index (χ2n) is 5.64. The molecule has 0 spiro atoms. The van der Waals surface area contributed by atoms with Crippen LogP contribution in [0.5, 0.6) is 0 Å². The fourth-order valence-electron chi connectivity index (χ4n) is 2.43. The molecule has 2 N–H and O–H groups in total. The zero-order chi connectivity index (χ0) is 15.3. The number of carboxylic acids is 1. The zero-order valence-corrected chi connectivity index (χ0v) is 12.8. The number of piperidine rings is 1. The second-order valence-corrected chi connectivity index (χ2v) is 5.64. The number of carbonyl (C=O) groups excluding carboxylic acids is 1. The highest BCUT2D eigenvalue weighted by Crippen LogP contribution is 2.19. The van der Waals surface area contributed by atoms with Crippen molar-refractivity contribution in [1.29, 1.82) is 0 Å². The van der Waals surface area contributed by atoms with Crippen molar-refractivity contribution >= 4 is 12.0 Å². The van der Waals surface area contributed by atoms with Crippen molar-refractivity contribution in [3.63, 3.8) is 0 Å². The predicted molar refractivity (Wildman–Crippen MR) is 75.6 cm³/mol. The zero-order valence-electron chi connectivity index (χ0n) is 12.8. The van der Waals surface area contributed by atoms with Crippen molar-refractivity contribution in [2.45, 2.75) is 45.8 Å². The molecule has 0 saturated carbocycles. The monoisotopic (exact) mass is 286 g/mol. The summed E-state index contributed by atoms with van der Waals surface area (Å²) in [5.41, 5.74) is 0. The molecule has 20 heavy (non-hydrogen) atoms. The van der Waals surface area contributed by atoms with Gasteiger partial charge in [0.25, 0.3) is 0 Å². The van der Waals surface area contributed by atoms with Crippen molar-refractivity contribution in [2.75, 3.05) is 20.2 Å². The van der Waals surface area contributed by atoms with E-state index in [1.165, 1.54) is 0 Å². The molecule has 0 aliphatic carbocycles. The Hall–Kier alpha value is -1.30. The highest BCUT2D eigenvalue weighted by Gasteiger charge is 2.32. The molecule has 1 heterocycles. The highest BCUT2D eigenvalue weighted by atomic mass is 16.5. The normalized spacial score (nSPS) is 25.9. The maximum absolute atomic E-state index is 12.2. The van der Waals surface area contributed by atoms with E-state index in [1.54, 1.807) is 12.0 Å². The molecule has 0 aromatic heterocycles. The van der Waals surface area contributed by atoms with Gasteiger partial charge in [0, 0.05) is 20.2 Å². The first-order valence-electron chi connectivity index (χ1n) is 7.21. The van der Waals surface area contributed by atoms with Crippen molar-refractivity contribution in [2.24, 2.45) is 11.8 Å². The number of ether oxygens (including phenoxy) is 1. The van der Waals surface area contributed by atoms with Crippen molar-refractivity contribution < 1.29 is 19.4 Å². The molecule has 1 saturated heterocycles. The number of nitrogens with one attached hydrogen (secondary N) is 1. The minimum absolute atomic E-state index is 0.0152. The number of methoxy groups -OCH3 is 1. The summed E-state index contributed by atoms with van der Waals surface area (Å²) in [6.45, 7) is 6.99. The molecule has 0 aromatic rings. The van der Waals surface area contributed by atoms with Crippen LogP contribution < -0.4 is 5.32 Å². The largest absolute Gasteiger partial charge is 0.480 e. The number of carboxylic acid groups (broad SMARTS) is 1.